The van der Waals surface area contributed by atoms with Crippen LogP contribution < -0.4 is 11.5 Å². The van der Waals surface area contributed by atoms with Gasteiger partial charge in [-0.15, -0.1) is 17.0 Å². The number of ether oxygens (including phenoxy) is 1. The second-order valence-electron chi connectivity index (χ2n) is 3.54. The number of aliphatic carboxylic acids is 1. The van der Waals surface area contributed by atoms with E-state index < -0.39 is 20.7 Å². The maximum absolute atomic E-state index is 10.2. The van der Waals surface area contributed by atoms with Gasteiger partial charge < -0.3 is 21.3 Å². The monoisotopic (exact) mass is 674 g/mol. The summed E-state index contributed by atoms with van der Waals surface area (Å²) in [5.74, 6) is -0.364. The van der Waals surface area contributed by atoms with Gasteiger partial charge in [-0.25, -0.2) is 0 Å². The van der Waals surface area contributed by atoms with Gasteiger partial charge in [0.15, 0.2) is 0 Å². The number of hydrogen-bond acceptors (Lipinski definition) is 7. The van der Waals surface area contributed by atoms with E-state index in [1.807, 2.05) is 6.26 Å². The van der Waals surface area contributed by atoms with Gasteiger partial charge in [0.2, 0.25) is 0 Å². The van der Waals surface area contributed by atoms with Crippen molar-refractivity contribution in [3.05, 3.63) is 0 Å². The molecule has 13 heteroatoms. The number of hydrogen-bond donors (Lipinski definition) is 4. The highest BCUT2D eigenvalue weighted by atomic mass is 80.0. The fraction of sp³-hybridized carbons (Fsp3) is 0.833. The van der Waals surface area contributed by atoms with Crippen LogP contribution in [0.15, 0.2) is 0 Å². The third-order valence-electron chi connectivity index (χ3n) is 1.93. The standard InChI is InChI=1S/C5H11NO2S.C4H7NO2.CH4S.2CH4.Al.4BrH/c1-9-3-2-4(6)5(7)8;5-3-1-2-7-4(3)6;1-2;;;;;;;/h4H,2-3,6H2,1H3,(H,7,8);3H,1-2,5H2;2H,1H3;2*1H4;;4*1H/q;;;;;+3;;;;/p-3. The van der Waals surface area contributed by atoms with E-state index in [1.54, 1.807) is 18.0 Å². The number of carbonyl (C=O) groups is 2. The van der Waals surface area contributed by atoms with Gasteiger partial charge in [0.25, 0.3) is 0 Å². The molecule has 0 aromatic heterocycles. The molecule has 1 saturated heterocycles. The molecule has 1 aliphatic rings. The molecule has 0 amide bonds. The minimum absolute atomic E-state index is 0. The lowest BCUT2D eigenvalue weighted by molar-refractivity contribution is -0.139. The second kappa shape index (κ2) is 30.7. The molecule has 6 nitrogen and oxygen atoms in total. The van der Waals surface area contributed by atoms with Crippen molar-refractivity contribution in [2.24, 2.45) is 11.5 Å². The molecule has 2 unspecified atom stereocenters. The highest BCUT2D eigenvalue weighted by Crippen LogP contribution is 2.07. The molecule has 0 saturated carbocycles. The molecule has 1 heterocycles. The molecular weight excluding hydrogens is 647 g/mol. The van der Waals surface area contributed by atoms with Crippen molar-refractivity contribution in [2.75, 3.05) is 24.9 Å². The van der Waals surface area contributed by atoms with Crippen molar-refractivity contribution < 1.29 is 19.4 Å². The van der Waals surface area contributed by atoms with Crippen LogP contribution in [0.5, 0.6) is 0 Å². The van der Waals surface area contributed by atoms with Crippen LogP contribution in [0.25, 0.3) is 0 Å². The van der Waals surface area contributed by atoms with E-state index in [2.05, 4.69) is 59.5 Å². The van der Waals surface area contributed by atoms with Gasteiger partial charge in [-0.1, -0.05) is 14.9 Å². The van der Waals surface area contributed by atoms with E-state index in [0.717, 1.165) is 5.75 Å². The number of thioether (sulfide) groups is 1. The highest BCUT2D eigenvalue weighted by molar-refractivity contribution is 9.69. The lowest BCUT2D eigenvalue weighted by Crippen LogP contribution is -2.30. The third kappa shape index (κ3) is 37.5. The summed E-state index contributed by atoms with van der Waals surface area (Å²) in [5.41, 5.74) is 10.4. The minimum Gasteiger partial charge on any atom is -0.480 e. The molecule has 1 rings (SSSR count). The summed E-state index contributed by atoms with van der Waals surface area (Å²) in [4.78, 5) is 20.3. The number of cyclic esters (lactones) is 1. The van der Waals surface area contributed by atoms with Crippen molar-refractivity contribution in [3.63, 3.8) is 0 Å². The molecular formula is C12H31AlBr4N2O4S2. The minimum atomic E-state index is -0.913. The van der Waals surface area contributed by atoms with E-state index >= 15 is 0 Å². The second-order valence-corrected chi connectivity index (χ2v) is 24.3. The summed E-state index contributed by atoms with van der Waals surface area (Å²) >= 11 is 14.9. The van der Waals surface area contributed by atoms with Crippen LogP contribution in [0.3, 0.4) is 0 Å². The molecule has 0 spiro atoms. The van der Waals surface area contributed by atoms with E-state index in [1.165, 1.54) is 0 Å². The summed E-state index contributed by atoms with van der Waals surface area (Å²) in [7, 11) is -0.701. The van der Waals surface area contributed by atoms with Gasteiger partial charge in [0.05, 0.1) is 6.61 Å². The average molecular weight is 678 g/mol. The number of nitrogens with two attached hydrogens (primary N) is 2. The third-order valence-corrected chi connectivity index (χ3v) is 2.57. The van der Waals surface area contributed by atoms with Gasteiger partial charge in [0, 0.05) is 6.42 Å². The van der Waals surface area contributed by atoms with E-state index in [-0.39, 0.29) is 43.8 Å². The fourth-order valence-corrected chi connectivity index (χ4v) is 1.37. The molecule has 0 bridgehead atoms. The Morgan fingerprint density at radius 3 is 2.00 bits per heavy atom. The van der Waals surface area contributed by atoms with E-state index in [0.29, 0.717) is 19.4 Å². The Hall–Kier alpha value is 2.01. The van der Waals surface area contributed by atoms with Gasteiger partial charge >= 0.3 is 20.6 Å². The summed E-state index contributed by atoms with van der Waals surface area (Å²) < 4.78 is 4.50. The number of thiol groups is 1. The first-order valence-electron chi connectivity index (χ1n) is 5.98. The molecule has 5 N–H and O–H groups in total. The summed E-state index contributed by atoms with van der Waals surface area (Å²) in [6.07, 6.45) is 4.85. The SMILES string of the molecule is Br.C.C.CS.CSCCC(N)C(=O)O.NC1CCOC1=O.[Br][Al]([Br])[Br]. The number of rotatable bonds is 4. The normalized spacial score (nSPS) is 14.6. The lowest BCUT2D eigenvalue weighted by Gasteiger charge is -2.02. The maximum atomic E-state index is 10.2. The first kappa shape index (κ1) is 41.4. The summed E-state index contributed by atoms with van der Waals surface area (Å²) in [6.45, 7) is 0.500. The van der Waals surface area contributed by atoms with Crippen LogP contribution in [0.2, 0.25) is 0 Å². The first-order chi connectivity index (χ1) is 10.2. The van der Waals surface area contributed by atoms with Crippen molar-refractivity contribution in [1.82, 2.24) is 0 Å². The number of carboxylic acid groups (broad SMARTS) is 1. The number of halogens is 4. The molecule has 0 aliphatic carbocycles. The topological polar surface area (TPSA) is 116 Å². The Labute approximate surface area is 197 Å². The Kier molecular flexibility index (Phi) is 50.9. The van der Waals surface area contributed by atoms with Gasteiger partial charge in [0.1, 0.15) is 12.1 Å². The van der Waals surface area contributed by atoms with Crippen LogP contribution in [-0.2, 0) is 14.3 Å². The quantitative estimate of drug-likeness (QED) is 0.202. The largest absolute Gasteiger partial charge is 0.542 e. The molecule has 2 atom stereocenters. The van der Waals surface area contributed by atoms with Gasteiger partial charge in [-0.3, -0.25) is 9.59 Å². The van der Waals surface area contributed by atoms with Crippen LogP contribution >= 0.6 is 83.5 Å². The van der Waals surface area contributed by atoms with Crippen LogP contribution in [0, 0.1) is 0 Å². The van der Waals surface area contributed by atoms with Gasteiger partial charge in [-0.2, -0.15) is 66.5 Å². The number of esters is 1. The number of carbonyl (C=O) groups excluding carboxylic acids is 1. The van der Waals surface area contributed by atoms with Crippen LogP contribution in [-0.4, -0.2) is 62.7 Å². The lowest BCUT2D eigenvalue weighted by atomic mass is 10.2. The molecule has 0 aromatic carbocycles. The van der Waals surface area contributed by atoms with Crippen LogP contribution in [0.4, 0.5) is 0 Å². The van der Waals surface area contributed by atoms with Crippen molar-refractivity contribution in [2.45, 2.75) is 39.8 Å². The van der Waals surface area contributed by atoms with Crippen LogP contribution in [0.1, 0.15) is 27.7 Å². The average Bonchev–Trinajstić information content (AvgIpc) is 2.82. The molecule has 0 aromatic rings. The fourth-order valence-electron chi connectivity index (χ4n) is 0.880. The number of carboxylic acids is 1. The Morgan fingerprint density at radius 2 is 1.84 bits per heavy atom. The molecule has 1 aliphatic heterocycles. The zero-order valence-electron chi connectivity index (χ0n) is 12.8. The maximum Gasteiger partial charge on any atom is 0.542 e. The zero-order valence-corrected chi connectivity index (χ0v) is 22.1. The Balaban J connectivity index is -0.0000000511. The van der Waals surface area contributed by atoms with E-state index in [9.17, 15) is 9.59 Å². The molecule has 156 valence electrons. The predicted octanol–water partition coefficient (Wildman–Crippen LogP) is 3.96. The summed E-state index contributed by atoms with van der Waals surface area (Å²) in [6, 6.07) is -1.03. The highest BCUT2D eigenvalue weighted by Gasteiger charge is 2.21. The molecule has 0 radical (unpaired) electrons. The van der Waals surface area contributed by atoms with Crippen molar-refractivity contribution in [1.29, 1.82) is 0 Å². The molecule has 1 fully saturated rings. The molecule has 25 heavy (non-hydrogen) atoms. The first-order valence-corrected chi connectivity index (χ1v) is 17.8. The predicted molar refractivity (Wildman–Crippen MR) is 133 cm³/mol. The summed E-state index contributed by atoms with van der Waals surface area (Å²) in [5, 5.41) is 8.27. The zero-order chi connectivity index (χ0) is 18.1. The van der Waals surface area contributed by atoms with Crippen molar-refractivity contribution >= 4 is 104 Å². The Morgan fingerprint density at radius 1 is 1.44 bits per heavy atom. The smallest absolute Gasteiger partial charge is 0.480 e. The van der Waals surface area contributed by atoms with Gasteiger partial charge in [-0.05, 0) is 24.7 Å². The van der Waals surface area contributed by atoms with E-state index in [4.69, 9.17) is 16.6 Å². The Bertz CT molecular complexity index is 297. The van der Waals surface area contributed by atoms with Crippen molar-refractivity contribution in [3.8, 4) is 0 Å².